The molecule has 14 heavy (non-hydrogen) atoms. The van der Waals surface area contributed by atoms with Gasteiger partial charge in [0.15, 0.2) is 0 Å². The van der Waals surface area contributed by atoms with Gasteiger partial charge in [-0.25, -0.2) is 0 Å². The van der Waals surface area contributed by atoms with E-state index < -0.39 is 0 Å². The van der Waals surface area contributed by atoms with Crippen LogP contribution in [0.4, 0.5) is 0 Å². The van der Waals surface area contributed by atoms with Crippen molar-refractivity contribution in [3.8, 4) is 0 Å². The second kappa shape index (κ2) is 4.69. The van der Waals surface area contributed by atoms with Crippen LogP contribution in [-0.4, -0.2) is 36.6 Å². The van der Waals surface area contributed by atoms with Crippen LogP contribution in [0.5, 0.6) is 0 Å². The van der Waals surface area contributed by atoms with Gasteiger partial charge in [0.25, 0.3) is 0 Å². The molecule has 1 fully saturated rings. The lowest BCUT2D eigenvalue weighted by atomic mass is 9.95. The molecule has 0 aliphatic heterocycles. The molecule has 0 aromatic heterocycles. The van der Waals surface area contributed by atoms with Gasteiger partial charge in [0.2, 0.25) is 0 Å². The SMILES string of the molecule is CC(=O)C1CCC(N(C)C)CCC1=O. The van der Waals surface area contributed by atoms with E-state index in [1.807, 2.05) is 14.1 Å². The Kier molecular flexibility index (Phi) is 3.81. The summed E-state index contributed by atoms with van der Waals surface area (Å²) in [5.41, 5.74) is 0. The van der Waals surface area contributed by atoms with Crippen molar-refractivity contribution in [2.24, 2.45) is 5.92 Å². The molecule has 1 rings (SSSR count). The van der Waals surface area contributed by atoms with E-state index in [9.17, 15) is 9.59 Å². The first-order chi connectivity index (χ1) is 6.52. The summed E-state index contributed by atoms with van der Waals surface area (Å²) in [5, 5.41) is 0. The molecule has 0 spiro atoms. The van der Waals surface area contributed by atoms with Crippen molar-refractivity contribution in [3.05, 3.63) is 0 Å². The highest BCUT2D eigenvalue weighted by Crippen LogP contribution is 2.23. The number of nitrogens with zero attached hydrogens (tertiary/aromatic N) is 1. The molecule has 1 saturated carbocycles. The van der Waals surface area contributed by atoms with E-state index in [0.29, 0.717) is 12.5 Å². The zero-order chi connectivity index (χ0) is 10.7. The summed E-state index contributed by atoms with van der Waals surface area (Å²) in [7, 11) is 4.06. The lowest BCUT2D eigenvalue weighted by Gasteiger charge is -2.21. The Balaban J connectivity index is 2.62. The first-order valence-corrected chi connectivity index (χ1v) is 5.22. The highest BCUT2D eigenvalue weighted by Gasteiger charge is 2.28. The van der Waals surface area contributed by atoms with Gasteiger partial charge in [0.05, 0.1) is 5.92 Å². The highest BCUT2D eigenvalue weighted by atomic mass is 16.1. The minimum atomic E-state index is -0.319. The standard InChI is InChI=1S/C11H19NO2/c1-8(13)10-6-4-9(12(2)3)5-7-11(10)14/h9-10H,4-7H2,1-3H3. The largest absolute Gasteiger partial charge is 0.306 e. The third-order valence-electron chi connectivity index (χ3n) is 3.12. The summed E-state index contributed by atoms with van der Waals surface area (Å²) in [4.78, 5) is 24.9. The summed E-state index contributed by atoms with van der Waals surface area (Å²) in [6.07, 6.45) is 3.16. The van der Waals surface area contributed by atoms with Crippen molar-refractivity contribution < 1.29 is 9.59 Å². The van der Waals surface area contributed by atoms with Crippen LogP contribution in [0.1, 0.15) is 32.6 Å². The number of hydrogen-bond donors (Lipinski definition) is 0. The lowest BCUT2D eigenvalue weighted by Crippen LogP contribution is -2.27. The number of rotatable bonds is 2. The zero-order valence-corrected chi connectivity index (χ0v) is 9.25. The van der Waals surface area contributed by atoms with Crippen LogP contribution in [0.2, 0.25) is 0 Å². The molecule has 0 bridgehead atoms. The minimum absolute atomic E-state index is 0.0365. The average molecular weight is 197 g/mol. The van der Waals surface area contributed by atoms with E-state index in [0.717, 1.165) is 19.3 Å². The van der Waals surface area contributed by atoms with Gasteiger partial charge < -0.3 is 4.90 Å². The van der Waals surface area contributed by atoms with Crippen LogP contribution in [0, 0.1) is 5.92 Å². The Morgan fingerprint density at radius 3 is 2.43 bits per heavy atom. The average Bonchev–Trinajstić information content (AvgIpc) is 2.26. The Labute approximate surface area is 85.5 Å². The van der Waals surface area contributed by atoms with Crippen molar-refractivity contribution >= 4 is 11.6 Å². The summed E-state index contributed by atoms with van der Waals surface area (Å²) in [6, 6.07) is 0.461. The fourth-order valence-electron chi connectivity index (χ4n) is 2.09. The second-order valence-corrected chi connectivity index (χ2v) is 4.36. The molecule has 80 valence electrons. The first-order valence-electron chi connectivity index (χ1n) is 5.22. The van der Waals surface area contributed by atoms with E-state index in [4.69, 9.17) is 0 Å². The fourth-order valence-corrected chi connectivity index (χ4v) is 2.09. The zero-order valence-electron chi connectivity index (χ0n) is 9.25. The van der Waals surface area contributed by atoms with E-state index in [-0.39, 0.29) is 17.5 Å². The molecule has 0 N–H and O–H groups in total. The van der Waals surface area contributed by atoms with Crippen molar-refractivity contribution in [1.82, 2.24) is 4.90 Å². The van der Waals surface area contributed by atoms with E-state index >= 15 is 0 Å². The molecule has 1 aliphatic carbocycles. The molecule has 2 unspecified atom stereocenters. The maximum atomic E-state index is 11.6. The van der Waals surface area contributed by atoms with Gasteiger partial charge in [-0.3, -0.25) is 9.59 Å². The van der Waals surface area contributed by atoms with Crippen molar-refractivity contribution in [2.45, 2.75) is 38.6 Å². The van der Waals surface area contributed by atoms with Gasteiger partial charge in [-0.2, -0.15) is 0 Å². The van der Waals surface area contributed by atoms with Gasteiger partial charge in [-0.15, -0.1) is 0 Å². The third kappa shape index (κ3) is 2.64. The monoisotopic (exact) mass is 197 g/mol. The van der Waals surface area contributed by atoms with Crippen LogP contribution < -0.4 is 0 Å². The quantitative estimate of drug-likeness (QED) is 0.494. The molecule has 0 aromatic rings. The lowest BCUT2D eigenvalue weighted by molar-refractivity contribution is -0.131. The number of carbonyl (C=O) groups excluding carboxylic acids is 2. The summed E-state index contributed by atoms with van der Waals surface area (Å²) < 4.78 is 0. The van der Waals surface area contributed by atoms with Crippen molar-refractivity contribution in [1.29, 1.82) is 0 Å². The normalized spacial score (nSPS) is 29.0. The number of Topliss-reactive ketones (excluding diaryl/α,β-unsaturated/α-hetero) is 2. The molecule has 0 heterocycles. The van der Waals surface area contributed by atoms with Gasteiger partial charge in [-0.05, 0) is 40.3 Å². The predicted octanol–water partition coefficient (Wildman–Crippen LogP) is 1.26. The molecule has 0 saturated heterocycles. The van der Waals surface area contributed by atoms with E-state index in [1.54, 1.807) is 0 Å². The highest BCUT2D eigenvalue weighted by molar-refractivity contribution is 6.01. The van der Waals surface area contributed by atoms with Crippen LogP contribution in [0.15, 0.2) is 0 Å². The van der Waals surface area contributed by atoms with Gasteiger partial charge in [0.1, 0.15) is 11.6 Å². The van der Waals surface area contributed by atoms with Gasteiger partial charge >= 0.3 is 0 Å². The van der Waals surface area contributed by atoms with Crippen LogP contribution >= 0.6 is 0 Å². The maximum absolute atomic E-state index is 11.6. The Hall–Kier alpha value is -0.700. The number of ketones is 2. The smallest absolute Gasteiger partial charge is 0.143 e. The first kappa shape index (κ1) is 11.4. The number of carbonyl (C=O) groups is 2. The van der Waals surface area contributed by atoms with Crippen LogP contribution in [0.3, 0.4) is 0 Å². The number of hydrogen-bond acceptors (Lipinski definition) is 3. The molecule has 0 amide bonds. The molecule has 1 aliphatic rings. The summed E-state index contributed by atoms with van der Waals surface area (Å²) >= 11 is 0. The molecular formula is C11H19NO2. The third-order valence-corrected chi connectivity index (χ3v) is 3.12. The van der Waals surface area contributed by atoms with Crippen LogP contribution in [-0.2, 0) is 9.59 Å². The van der Waals surface area contributed by atoms with Gasteiger partial charge in [-0.1, -0.05) is 0 Å². The second-order valence-electron chi connectivity index (χ2n) is 4.36. The van der Waals surface area contributed by atoms with E-state index in [1.165, 1.54) is 6.92 Å². The minimum Gasteiger partial charge on any atom is -0.306 e. The fraction of sp³-hybridized carbons (Fsp3) is 0.818. The van der Waals surface area contributed by atoms with Crippen molar-refractivity contribution in [3.63, 3.8) is 0 Å². The molecule has 0 aromatic carbocycles. The predicted molar refractivity (Wildman–Crippen MR) is 55.1 cm³/mol. The summed E-state index contributed by atoms with van der Waals surface area (Å²) in [5.74, 6) is -0.142. The summed E-state index contributed by atoms with van der Waals surface area (Å²) in [6.45, 7) is 1.53. The van der Waals surface area contributed by atoms with Gasteiger partial charge in [0, 0.05) is 12.5 Å². The Morgan fingerprint density at radius 1 is 1.29 bits per heavy atom. The Bertz CT molecular complexity index is 235. The molecule has 3 nitrogen and oxygen atoms in total. The molecule has 3 heteroatoms. The topological polar surface area (TPSA) is 37.4 Å². The molecular weight excluding hydrogens is 178 g/mol. The molecule has 2 atom stereocenters. The Morgan fingerprint density at radius 2 is 1.93 bits per heavy atom. The van der Waals surface area contributed by atoms with Crippen LogP contribution in [0.25, 0.3) is 0 Å². The maximum Gasteiger partial charge on any atom is 0.143 e. The van der Waals surface area contributed by atoms with E-state index in [2.05, 4.69) is 4.90 Å². The molecule has 0 radical (unpaired) electrons. The van der Waals surface area contributed by atoms with Crippen molar-refractivity contribution in [2.75, 3.05) is 14.1 Å².